The van der Waals surface area contributed by atoms with E-state index in [1.807, 2.05) is 32.0 Å². The van der Waals surface area contributed by atoms with Gasteiger partial charge in [-0.3, -0.25) is 0 Å². The summed E-state index contributed by atoms with van der Waals surface area (Å²) >= 11 is 0. The van der Waals surface area contributed by atoms with E-state index in [2.05, 4.69) is 10.4 Å². The van der Waals surface area contributed by atoms with Crippen molar-refractivity contribution in [2.75, 3.05) is 18.4 Å². The molecule has 0 bridgehead atoms. The van der Waals surface area contributed by atoms with Gasteiger partial charge in [0.05, 0.1) is 36.9 Å². The van der Waals surface area contributed by atoms with Gasteiger partial charge in [-0.1, -0.05) is 17.7 Å². The molecule has 2 atom stereocenters. The third kappa shape index (κ3) is 3.18. The zero-order valence-corrected chi connectivity index (χ0v) is 13.0. The van der Waals surface area contributed by atoms with Crippen LogP contribution in [-0.4, -0.2) is 46.1 Å². The molecule has 0 radical (unpaired) electrons. The molecule has 0 saturated carbocycles. The Bertz CT molecular complexity index is 721. The van der Waals surface area contributed by atoms with Crippen LogP contribution in [0.15, 0.2) is 30.6 Å². The predicted molar refractivity (Wildman–Crippen MR) is 83.4 cm³/mol. The molecule has 122 valence electrons. The quantitative estimate of drug-likeness (QED) is 0.925. The van der Waals surface area contributed by atoms with E-state index in [-0.39, 0.29) is 13.1 Å². The number of alkyl halides is 2. The molecule has 2 heterocycles. The van der Waals surface area contributed by atoms with Gasteiger partial charge in [-0.25, -0.2) is 18.3 Å². The number of benzene rings is 1. The second-order valence-electron chi connectivity index (χ2n) is 5.83. The maximum atomic E-state index is 13.2. The summed E-state index contributed by atoms with van der Waals surface area (Å²) in [7, 11) is 0. The summed E-state index contributed by atoms with van der Waals surface area (Å²) in [5, 5.41) is 6.84. The Balaban J connectivity index is 1.71. The molecule has 0 unspecified atom stereocenters. The average Bonchev–Trinajstić information content (AvgIpc) is 3.07. The Morgan fingerprint density at radius 1 is 1.26 bits per heavy atom. The van der Waals surface area contributed by atoms with Crippen molar-refractivity contribution in [3.63, 3.8) is 0 Å². The lowest BCUT2D eigenvalue weighted by Gasteiger charge is -2.14. The Labute approximate surface area is 132 Å². The molecule has 1 aromatic carbocycles. The van der Waals surface area contributed by atoms with Gasteiger partial charge < -0.3 is 10.2 Å². The molecule has 2 aromatic rings. The number of carbonyl (C=O) groups excluding carboxylic acids is 1. The first-order valence-electron chi connectivity index (χ1n) is 7.40. The van der Waals surface area contributed by atoms with Crippen molar-refractivity contribution in [3.05, 3.63) is 41.7 Å². The van der Waals surface area contributed by atoms with Crippen LogP contribution in [0.25, 0.3) is 5.69 Å². The fourth-order valence-corrected chi connectivity index (χ4v) is 2.67. The highest BCUT2D eigenvalue weighted by Gasteiger charge is 2.35. The Morgan fingerprint density at radius 3 is 2.61 bits per heavy atom. The highest BCUT2D eigenvalue weighted by Crippen LogP contribution is 2.20. The fourth-order valence-electron chi connectivity index (χ4n) is 2.67. The number of halogens is 2. The summed E-state index contributed by atoms with van der Waals surface area (Å²) in [5.74, 6) is 0. The molecule has 1 N–H and O–H groups in total. The molecular formula is C16H18F2N4O. The van der Waals surface area contributed by atoms with Gasteiger partial charge in [-0.15, -0.1) is 0 Å². The third-order valence-electron chi connectivity index (χ3n) is 3.90. The summed E-state index contributed by atoms with van der Waals surface area (Å²) in [6.07, 6.45) is -0.0455. The zero-order chi connectivity index (χ0) is 16.6. The zero-order valence-electron chi connectivity index (χ0n) is 13.0. The first kappa shape index (κ1) is 15.5. The Morgan fingerprint density at radius 2 is 1.96 bits per heavy atom. The van der Waals surface area contributed by atoms with E-state index in [0.29, 0.717) is 5.69 Å². The molecule has 1 fully saturated rings. The summed E-state index contributed by atoms with van der Waals surface area (Å²) in [4.78, 5) is 13.1. The summed E-state index contributed by atoms with van der Waals surface area (Å²) in [6.45, 7) is 3.55. The Hall–Kier alpha value is -2.44. The fraction of sp³-hybridized carbons (Fsp3) is 0.375. The number of aromatic nitrogens is 2. The topological polar surface area (TPSA) is 50.2 Å². The molecule has 3 rings (SSSR count). The lowest BCUT2D eigenvalue weighted by Crippen LogP contribution is -2.33. The molecule has 1 aliphatic heterocycles. The van der Waals surface area contributed by atoms with E-state index in [1.54, 1.807) is 10.9 Å². The summed E-state index contributed by atoms with van der Waals surface area (Å²) in [6, 6.07) is 5.45. The van der Waals surface area contributed by atoms with Gasteiger partial charge in [-0.2, -0.15) is 5.10 Å². The molecular weight excluding hydrogens is 302 g/mol. The SMILES string of the molecule is Cc1ccc(-n2cc(NC(=O)N3C[C@@H](F)[C@@H](F)C3)cn2)c(C)c1. The number of hydrogen-bond donors (Lipinski definition) is 1. The largest absolute Gasteiger partial charge is 0.322 e. The number of urea groups is 1. The van der Waals surface area contributed by atoms with Crippen LogP contribution in [0.5, 0.6) is 0 Å². The van der Waals surface area contributed by atoms with Crippen LogP contribution in [0.1, 0.15) is 11.1 Å². The number of aryl methyl sites for hydroxylation is 2. The summed E-state index contributed by atoms with van der Waals surface area (Å²) < 4.78 is 28.0. The van der Waals surface area contributed by atoms with E-state index in [9.17, 15) is 13.6 Å². The van der Waals surface area contributed by atoms with E-state index in [4.69, 9.17) is 0 Å². The number of nitrogens with zero attached hydrogens (tertiary/aromatic N) is 3. The molecule has 23 heavy (non-hydrogen) atoms. The number of carbonyl (C=O) groups is 1. The lowest BCUT2D eigenvalue weighted by molar-refractivity contribution is 0.217. The van der Waals surface area contributed by atoms with E-state index in [0.717, 1.165) is 21.7 Å². The van der Waals surface area contributed by atoms with Crippen LogP contribution in [0, 0.1) is 13.8 Å². The van der Waals surface area contributed by atoms with Crippen LogP contribution in [0.2, 0.25) is 0 Å². The molecule has 1 aliphatic rings. The molecule has 5 nitrogen and oxygen atoms in total. The lowest BCUT2D eigenvalue weighted by atomic mass is 10.1. The number of anilines is 1. The van der Waals surface area contributed by atoms with Gasteiger partial charge in [0.1, 0.15) is 0 Å². The van der Waals surface area contributed by atoms with Gasteiger partial charge in [0, 0.05) is 0 Å². The molecule has 2 amide bonds. The van der Waals surface area contributed by atoms with E-state index >= 15 is 0 Å². The van der Waals surface area contributed by atoms with Crippen LogP contribution in [0.3, 0.4) is 0 Å². The standard InChI is InChI=1S/C16H18F2N4O/c1-10-3-4-15(11(2)5-10)22-7-12(6-19-22)20-16(23)21-8-13(17)14(18)9-21/h3-7,13-14H,8-9H2,1-2H3,(H,20,23)/t13-,14+. The third-order valence-corrected chi connectivity index (χ3v) is 3.90. The minimum atomic E-state index is -1.61. The first-order valence-corrected chi connectivity index (χ1v) is 7.40. The maximum absolute atomic E-state index is 13.2. The molecule has 7 heteroatoms. The first-order chi connectivity index (χ1) is 10.9. The molecule has 0 spiro atoms. The van der Waals surface area contributed by atoms with Crippen LogP contribution >= 0.6 is 0 Å². The second-order valence-corrected chi connectivity index (χ2v) is 5.83. The van der Waals surface area contributed by atoms with Crippen molar-refractivity contribution in [3.8, 4) is 5.69 Å². The van der Waals surface area contributed by atoms with Gasteiger partial charge in [0.25, 0.3) is 0 Å². The van der Waals surface area contributed by atoms with Crippen molar-refractivity contribution in [2.24, 2.45) is 0 Å². The van der Waals surface area contributed by atoms with Crippen molar-refractivity contribution < 1.29 is 13.6 Å². The number of rotatable bonds is 2. The molecule has 1 aromatic heterocycles. The van der Waals surface area contributed by atoms with Crippen LogP contribution < -0.4 is 5.32 Å². The number of amides is 2. The van der Waals surface area contributed by atoms with Crippen molar-refractivity contribution >= 4 is 11.7 Å². The van der Waals surface area contributed by atoms with Gasteiger partial charge in [-0.05, 0) is 25.5 Å². The minimum absolute atomic E-state index is 0.224. The maximum Gasteiger partial charge on any atom is 0.322 e. The van der Waals surface area contributed by atoms with Gasteiger partial charge >= 0.3 is 6.03 Å². The number of nitrogens with one attached hydrogen (secondary N) is 1. The highest BCUT2D eigenvalue weighted by atomic mass is 19.2. The van der Waals surface area contributed by atoms with Crippen molar-refractivity contribution in [1.29, 1.82) is 0 Å². The average molecular weight is 320 g/mol. The number of hydrogen-bond acceptors (Lipinski definition) is 2. The van der Waals surface area contributed by atoms with Crippen LogP contribution in [-0.2, 0) is 0 Å². The Kier molecular flexibility index (Phi) is 4.02. The smallest absolute Gasteiger partial charge is 0.318 e. The summed E-state index contributed by atoms with van der Waals surface area (Å²) in [5.41, 5.74) is 3.60. The minimum Gasteiger partial charge on any atom is -0.318 e. The highest BCUT2D eigenvalue weighted by molar-refractivity contribution is 5.89. The van der Waals surface area contributed by atoms with E-state index < -0.39 is 18.4 Å². The van der Waals surface area contributed by atoms with Crippen LogP contribution in [0.4, 0.5) is 19.3 Å². The second kappa shape index (κ2) is 5.98. The van der Waals surface area contributed by atoms with Crippen molar-refractivity contribution in [2.45, 2.75) is 26.2 Å². The molecule has 1 saturated heterocycles. The monoisotopic (exact) mass is 320 g/mol. The van der Waals surface area contributed by atoms with Crippen molar-refractivity contribution in [1.82, 2.24) is 14.7 Å². The molecule has 0 aliphatic carbocycles. The normalized spacial score (nSPS) is 20.8. The van der Waals surface area contributed by atoms with E-state index in [1.165, 1.54) is 6.20 Å². The van der Waals surface area contributed by atoms with Gasteiger partial charge in [0.2, 0.25) is 0 Å². The van der Waals surface area contributed by atoms with Gasteiger partial charge in [0.15, 0.2) is 12.3 Å². The predicted octanol–water partition coefficient (Wildman–Crippen LogP) is 3.01. The number of likely N-dealkylation sites (tertiary alicyclic amines) is 1.